The molecule has 4 aromatic rings. The van der Waals surface area contributed by atoms with E-state index >= 15 is 0 Å². The average molecular weight is 1860 g/mol. The van der Waals surface area contributed by atoms with Crippen molar-refractivity contribution in [2.45, 2.75) is 162 Å². The second kappa shape index (κ2) is 32.2. The van der Waals surface area contributed by atoms with Gasteiger partial charge >= 0.3 is 53.7 Å². The van der Waals surface area contributed by atoms with E-state index in [0.29, 0.717) is 44.5 Å². The molecule has 0 unspecified atom stereocenters. The zero-order chi connectivity index (χ0) is 81.5. The summed E-state index contributed by atoms with van der Waals surface area (Å²) in [5.74, 6) is -1.87. The lowest BCUT2D eigenvalue weighted by Crippen LogP contribution is -2.31. The van der Waals surface area contributed by atoms with Crippen molar-refractivity contribution < 1.29 is 109 Å². The largest absolute Gasteiger partial charge is 0.424 e. The number of hydrogen-bond donors (Lipinski definition) is 0. The molecular weight excluding hydrogens is 1750 g/mol. The van der Waals surface area contributed by atoms with Crippen LogP contribution in [-0.2, 0) is 167 Å². The van der Waals surface area contributed by atoms with Crippen LogP contribution in [-0.4, -0.2) is 106 Å². The smallest absolute Gasteiger partial charge is 0.380 e. The molecule has 0 spiro atoms. The van der Waals surface area contributed by atoms with Crippen molar-refractivity contribution in [1.29, 1.82) is 0 Å². The van der Waals surface area contributed by atoms with Crippen LogP contribution in [0.3, 0.4) is 0 Å². The van der Waals surface area contributed by atoms with E-state index in [1.165, 1.54) is 0 Å². The maximum absolute atomic E-state index is 7.21. The Labute approximate surface area is 701 Å². The predicted octanol–water partition coefficient (Wildman–Crippen LogP) is 22.0. The summed E-state index contributed by atoms with van der Waals surface area (Å²) >= 11 is 51.1. The highest BCUT2D eigenvalue weighted by atomic mass is 32.5. The maximum Gasteiger partial charge on any atom is 0.380 e. The predicted molar refractivity (Wildman–Crippen MR) is 461 cm³/mol. The first-order chi connectivity index (χ1) is 51.6. The van der Waals surface area contributed by atoms with Crippen molar-refractivity contribution >= 4 is 148 Å². The summed E-state index contributed by atoms with van der Waals surface area (Å²) in [4.78, 5) is 0. The van der Waals surface area contributed by atoms with Crippen LogP contribution in [0.25, 0.3) is 0 Å². The first-order valence-corrected chi connectivity index (χ1v) is 57.4. The molecule has 112 heavy (non-hydrogen) atoms. The van der Waals surface area contributed by atoms with Gasteiger partial charge in [0.15, 0.2) is 0 Å². The van der Waals surface area contributed by atoms with E-state index in [1.807, 2.05) is 163 Å². The van der Waals surface area contributed by atoms with Crippen LogP contribution < -0.4 is 36.2 Å². The van der Waals surface area contributed by atoms with E-state index in [1.54, 1.807) is 24.3 Å². The average Bonchev–Trinajstić information content (AvgIpc) is 0.739. The van der Waals surface area contributed by atoms with E-state index in [0.717, 1.165) is 0 Å². The van der Waals surface area contributed by atoms with E-state index in [2.05, 4.69) is 0 Å². The van der Waals surface area contributed by atoms with Crippen LogP contribution in [0.5, 0.6) is 46.0 Å². The van der Waals surface area contributed by atoms with Gasteiger partial charge in [0.05, 0.1) is 106 Å². The summed E-state index contributed by atoms with van der Waals surface area (Å²) in [5, 5.41) is 0. The van der Waals surface area contributed by atoms with Crippen LogP contribution in [0.2, 0.25) is 0 Å². The third-order valence-electron chi connectivity index (χ3n) is 19.8. The quantitative estimate of drug-likeness (QED) is 0.0951. The Bertz CT molecular complexity index is 3800. The normalized spacial score (nSPS) is 28.8. The number of rotatable bonds is 16. The SMILES string of the molecule is CC1c2cc(c(OP3(=S)OCC(C)(C)CO3)cc2OP2(=S)OCC(C)(C)CO2)C(C)c2cc(c(OP3(=S)OCC(C)(C)CO3)cc2OP2(=S)OCC(C)(C)CO2)C(C)c2cc(c(OP3(=S)OCC(C)(C)CO3)cc2OP2(=S)OCC(C)(C)CO2)C(C)c2cc1c(OP1(=S)OCC(C)(C)CO1)cc2OP1(=S)OCC(C)(C)CO1. The fourth-order valence-electron chi connectivity index (χ4n) is 12.5. The minimum atomic E-state index is -3.70. The first kappa shape index (κ1) is 89.6. The molecule has 1 aliphatic carbocycles. The van der Waals surface area contributed by atoms with Gasteiger partial charge in [-0.05, 0) is 24.3 Å². The second-order valence-corrected chi connectivity index (χ2v) is 60.1. The van der Waals surface area contributed by atoms with Gasteiger partial charge in [-0.2, -0.15) is 0 Å². The van der Waals surface area contributed by atoms with Crippen molar-refractivity contribution in [2.24, 2.45) is 43.3 Å². The fourth-order valence-corrected chi connectivity index (χ4v) is 29.7. The molecule has 8 saturated heterocycles. The molecule has 8 bridgehead atoms. The minimum absolute atomic E-state index is 0.189. The molecule has 8 heterocycles. The summed E-state index contributed by atoms with van der Waals surface area (Å²) in [7, 11) is 0. The maximum atomic E-state index is 7.21. The van der Waals surface area contributed by atoms with Gasteiger partial charge in [-0.25, -0.2) is 0 Å². The second-order valence-electron chi connectivity index (χ2n) is 36.6. The molecule has 0 radical (unpaired) electrons. The third-order valence-corrected chi connectivity index (χ3v) is 37.1. The summed E-state index contributed by atoms with van der Waals surface area (Å²) in [6, 6.07) is 14.8. The lowest BCUT2D eigenvalue weighted by molar-refractivity contribution is 0.0396. The summed E-state index contributed by atoms with van der Waals surface area (Å²) in [5.41, 5.74) is 0.725. The first-order valence-electron chi connectivity index (χ1n) is 37.0. The highest BCUT2D eigenvalue weighted by Gasteiger charge is 2.48. The van der Waals surface area contributed by atoms with Gasteiger partial charge in [0.1, 0.15) is 46.0 Å². The van der Waals surface area contributed by atoms with Crippen molar-refractivity contribution in [2.75, 3.05) is 106 Å². The van der Waals surface area contributed by atoms with Crippen LogP contribution in [0.1, 0.15) is 207 Å². The highest BCUT2D eigenvalue weighted by molar-refractivity contribution is 8.10. The van der Waals surface area contributed by atoms with E-state index in [4.69, 9.17) is 203 Å². The van der Waals surface area contributed by atoms with Gasteiger partial charge in [-0.3, -0.25) is 72.4 Å². The molecule has 8 fully saturated rings. The molecule has 24 nitrogen and oxygen atoms in total. The Balaban J connectivity index is 1.15. The highest BCUT2D eigenvalue weighted by Crippen LogP contribution is 2.68. The molecule has 0 saturated carbocycles. The molecule has 4 aromatic carbocycles. The van der Waals surface area contributed by atoms with Gasteiger partial charge < -0.3 is 36.2 Å². The third kappa shape index (κ3) is 21.2. The summed E-state index contributed by atoms with van der Waals surface area (Å²) in [6.07, 6.45) is 0. The number of hydrogen-bond acceptors (Lipinski definition) is 32. The summed E-state index contributed by atoms with van der Waals surface area (Å²) < 4.78 is 163. The van der Waals surface area contributed by atoms with Crippen molar-refractivity contribution in [1.82, 2.24) is 0 Å². The molecule has 0 aromatic heterocycles. The Hall–Kier alpha value is -0.160. The van der Waals surface area contributed by atoms with E-state index in [-0.39, 0.29) is 152 Å². The van der Waals surface area contributed by atoms with E-state index in [9.17, 15) is 0 Å². The zero-order valence-corrected chi connectivity index (χ0v) is 80.6. The van der Waals surface area contributed by atoms with Gasteiger partial charge in [0, 0.05) is 230 Å². The summed E-state index contributed by atoms with van der Waals surface area (Å²) in [6.45, 7) is 14.4. The minimum Gasteiger partial charge on any atom is -0.424 e. The molecule has 0 amide bonds. The van der Waals surface area contributed by atoms with Crippen molar-refractivity contribution in [3.63, 3.8) is 0 Å². The molecule has 0 N–H and O–H groups in total. The molecule has 9 aliphatic rings. The van der Waals surface area contributed by atoms with Gasteiger partial charge in [-0.1, -0.05) is 138 Å². The lowest BCUT2D eigenvalue weighted by atomic mass is 9.81. The van der Waals surface area contributed by atoms with Crippen LogP contribution in [0.15, 0.2) is 48.5 Å². The Kier molecular flexibility index (Phi) is 25.7. The lowest BCUT2D eigenvalue weighted by Gasteiger charge is -2.39. The monoisotopic (exact) mass is 1860 g/mol. The van der Waals surface area contributed by atoms with Crippen molar-refractivity contribution in [3.05, 3.63) is 93.0 Å². The Morgan fingerprint density at radius 1 is 0.196 bits per heavy atom. The Morgan fingerprint density at radius 2 is 0.286 bits per heavy atom. The number of fused-ring (bicyclic) bond motifs is 8. The molecule has 8 aliphatic heterocycles. The van der Waals surface area contributed by atoms with Gasteiger partial charge in [-0.15, -0.1) is 0 Å². The zero-order valence-electron chi connectivity index (χ0n) is 66.9. The fraction of sp³-hybridized carbons (Fsp3) is 0.667. The standard InChI is InChI=1S/C72H104O24P8S8/c1-45-49-21-51(59(91-99(107)77-33-67(9,10)34-78-99)25-57(49)89-97(105)73-29-65(5,6)30-74-97)46(2)53-23-55(63(95-103(111)85-41-71(17,18)42-86-103)27-61(53)93-101(109)81-37-69(13,14)38-82-101)48(4)56-24-54(62(94-102(110)83-39-70(15,16)40-84-102)28-64(56)96-104(112)87-43-72(19,20)44-88-104)47(3)52-22-50(45)58(90-98(106)75-31-66(7,8)32-76-98)26-60(52)92-100(108)79-35-68(11,12)36-80-100/h21-28,45-48H,29-44H2,1-20H3. The van der Waals surface area contributed by atoms with Gasteiger partial charge in [0.2, 0.25) is 0 Å². The Morgan fingerprint density at radius 3 is 0.375 bits per heavy atom. The molecular formula is C72H104O24P8S8. The molecule has 13 rings (SSSR count). The van der Waals surface area contributed by atoms with Crippen LogP contribution in [0, 0.1) is 43.3 Å². The molecule has 40 heteroatoms. The van der Waals surface area contributed by atoms with Gasteiger partial charge in [0.25, 0.3) is 0 Å². The topological polar surface area (TPSA) is 222 Å². The number of benzene rings is 4. The van der Waals surface area contributed by atoms with E-state index < -0.39 is 121 Å². The van der Waals surface area contributed by atoms with Crippen LogP contribution in [0.4, 0.5) is 0 Å². The molecule has 624 valence electrons. The van der Waals surface area contributed by atoms with Crippen molar-refractivity contribution in [3.8, 4) is 46.0 Å². The van der Waals surface area contributed by atoms with Crippen LogP contribution >= 0.6 is 53.7 Å². The molecule has 0 atom stereocenters.